The molecule has 0 spiro atoms. The quantitative estimate of drug-likeness (QED) is 0.632. The molecule has 1 aliphatic rings. The van der Waals surface area contributed by atoms with Crippen LogP contribution in [0.3, 0.4) is 0 Å². The first-order chi connectivity index (χ1) is 5.13. The summed E-state index contributed by atoms with van der Waals surface area (Å²) in [4.78, 5) is 0. The van der Waals surface area contributed by atoms with Crippen LogP contribution in [-0.2, 0) is 0 Å². The maximum absolute atomic E-state index is 3.36. The van der Waals surface area contributed by atoms with Gasteiger partial charge in [0.15, 0.2) is 0 Å². The van der Waals surface area contributed by atoms with Crippen molar-refractivity contribution >= 4 is 0 Å². The summed E-state index contributed by atoms with van der Waals surface area (Å²) in [6.45, 7) is 9.78. The van der Waals surface area contributed by atoms with Gasteiger partial charge < -0.3 is 10.6 Å². The van der Waals surface area contributed by atoms with Gasteiger partial charge in [-0.3, -0.25) is 0 Å². The van der Waals surface area contributed by atoms with Crippen LogP contribution in [0.4, 0.5) is 0 Å². The highest BCUT2D eigenvalue weighted by Crippen LogP contribution is 2.19. The van der Waals surface area contributed by atoms with Gasteiger partial charge >= 0.3 is 0 Å². The molecule has 0 unspecified atom stereocenters. The van der Waals surface area contributed by atoms with Crippen molar-refractivity contribution in [2.24, 2.45) is 11.8 Å². The van der Waals surface area contributed by atoms with Gasteiger partial charge in [0, 0.05) is 11.4 Å². The smallest absolute Gasteiger partial charge is 0.0845 e. The molecule has 0 saturated carbocycles. The number of nitrogens with one attached hydrogen (secondary N) is 2. The minimum atomic E-state index is 0.613. The van der Waals surface area contributed by atoms with Gasteiger partial charge in [-0.25, -0.2) is 0 Å². The summed E-state index contributed by atoms with van der Waals surface area (Å²) < 4.78 is 0. The van der Waals surface area contributed by atoms with Crippen LogP contribution in [0.15, 0.2) is 11.4 Å². The third-order valence-corrected chi connectivity index (χ3v) is 2.00. The zero-order valence-electron chi connectivity index (χ0n) is 7.86. The van der Waals surface area contributed by atoms with Crippen LogP contribution in [0.5, 0.6) is 0 Å². The molecule has 0 bridgehead atoms. The highest BCUT2D eigenvalue weighted by molar-refractivity contribution is 5.18. The molecule has 0 aliphatic carbocycles. The van der Waals surface area contributed by atoms with Crippen LogP contribution in [0.25, 0.3) is 0 Å². The van der Waals surface area contributed by atoms with E-state index in [0.717, 1.165) is 6.67 Å². The molecule has 2 heteroatoms. The summed E-state index contributed by atoms with van der Waals surface area (Å²) >= 11 is 0. The SMILES string of the molecule is CC(C)C1=C(C(C)C)NCN1. The van der Waals surface area contributed by atoms with Crippen LogP contribution >= 0.6 is 0 Å². The lowest BCUT2D eigenvalue weighted by atomic mass is 10.0. The topological polar surface area (TPSA) is 24.1 Å². The second-order valence-electron chi connectivity index (χ2n) is 3.67. The van der Waals surface area contributed by atoms with E-state index >= 15 is 0 Å². The lowest BCUT2D eigenvalue weighted by Crippen LogP contribution is -2.17. The van der Waals surface area contributed by atoms with E-state index < -0.39 is 0 Å². The standard InChI is InChI=1S/C9H18N2/c1-6(2)8-9(7(3)4)11-5-10-8/h6-7,10-11H,5H2,1-4H3. The van der Waals surface area contributed by atoms with Crippen molar-refractivity contribution in [1.29, 1.82) is 0 Å². The van der Waals surface area contributed by atoms with E-state index in [1.165, 1.54) is 11.4 Å². The highest BCUT2D eigenvalue weighted by atomic mass is 15.1. The molecule has 2 nitrogen and oxygen atoms in total. The van der Waals surface area contributed by atoms with Gasteiger partial charge in [0.25, 0.3) is 0 Å². The van der Waals surface area contributed by atoms with Gasteiger partial charge in [0.05, 0.1) is 6.67 Å². The predicted molar refractivity (Wildman–Crippen MR) is 47.8 cm³/mol. The van der Waals surface area contributed by atoms with Crippen LogP contribution in [0.1, 0.15) is 27.7 Å². The maximum Gasteiger partial charge on any atom is 0.0845 e. The fraction of sp³-hybridized carbons (Fsp3) is 0.778. The first-order valence-electron chi connectivity index (χ1n) is 4.34. The lowest BCUT2D eigenvalue weighted by molar-refractivity contribution is 0.667. The Labute approximate surface area is 69.1 Å². The molecule has 0 aromatic carbocycles. The van der Waals surface area contributed by atoms with E-state index in [9.17, 15) is 0 Å². The summed E-state index contributed by atoms with van der Waals surface area (Å²) in [6, 6.07) is 0. The molecular formula is C9H18N2. The minimum Gasteiger partial charge on any atom is -0.370 e. The molecule has 0 saturated heterocycles. The molecule has 0 fully saturated rings. The molecule has 64 valence electrons. The van der Waals surface area contributed by atoms with Crippen LogP contribution in [-0.4, -0.2) is 6.67 Å². The van der Waals surface area contributed by atoms with Gasteiger partial charge in [0.2, 0.25) is 0 Å². The van der Waals surface area contributed by atoms with Gasteiger partial charge in [-0.05, 0) is 11.8 Å². The van der Waals surface area contributed by atoms with Gasteiger partial charge in [0.1, 0.15) is 0 Å². The number of hydrogen-bond acceptors (Lipinski definition) is 2. The van der Waals surface area contributed by atoms with Crippen molar-refractivity contribution in [2.75, 3.05) is 6.67 Å². The molecule has 0 aromatic heterocycles. The molecule has 1 aliphatic heterocycles. The monoisotopic (exact) mass is 154 g/mol. The number of allylic oxidation sites excluding steroid dienone is 2. The van der Waals surface area contributed by atoms with Crippen molar-refractivity contribution in [1.82, 2.24) is 10.6 Å². The zero-order valence-corrected chi connectivity index (χ0v) is 7.86. The number of rotatable bonds is 2. The summed E-state index contributed by atoms with van der Waals surface area (Å²) in [5.41, 5.74) is 2.78. The second kappa shape index (κ2) is 3.16. The summed E-state index contributed by atoms with van der Waals surface area (Å²) in [5.74, 6) is 1.23. The highest BCUT2D eigenvalue weighted by Gasteiger charge is 2.17. The van der Waals surface area contributed by atoms with Crippen LogP contribution in [0, 0.1) is 11.8 Å². The Morgan fingerprint density at radius 2 is 1.27 bits per heavy atom. The Hall–Kier alpha value is -0.660. The number of hydrogen-bond donors (Lipinski definition) is 2. The van der Waals surface area contributed by atoms with Crippen molar-refractivity contribution in [2.45, 2.75) is 27.7 Å². The zero-order chi connectivity index (χ0) is 8.43. The van der Waals surface area contributed by atoms with Gasteiger partial charge in [-0.15, -0.1) is 0 Å². The average molecular weight is 154 g/mol. The van der Waals surface area contributed by atoms with E-state index in [1.54, 1.807) is 0 Å². The molecule has 1 rings (SSSR count). The van der Waals surface area contributed by atoms with Crippen molar-refractivity contribution in [3.05, 3.63) is 11.4 Å². The Morgan fingerprint density at radius 3 is 1.55 bits per heavy atom. The molecule has 0 aromatic rings. The summed E-state index contributed by atoms with van der Waals surface area (Å²) in [7, 11) is 0. The Morgan fingerprint density at radius 1 is 0.909 bits per heavy atom. The maximum atomic E-state index is 3.36. The molecular weight excluding hydrogens is 136 g/mol. The van der Waals surface area contributed by atoms with Crippen molar-refractivity contribution in [3.8, 4) is 0 Å². The summed E-state index contributed by atoms with van der Waals surface area (Å²) in [5, 5.41) is 6.71. The third kappa shape index (κ3) is 1.67. The van der Waals surface area contributed by atoms with E-state index in [2.05, 4.69) is 38.3 Å². The Balaban J connectivity index is 2.77. The van der Waals surface area contributed by atoms with E-state index in [0.29, 0.717) is 11.8 Å². The van der Waals surface area contributed by atoms with Gasteiger partial charge in [-0.1, -0.05) is 27.7 Å². The van der Waals surface area contributed by atoms with Crippen molar-refractivity contribution < 1.29 is 0 Å². The molecule has 0 radical (unpaired) electrons. The fourth-order valence-corrected chi connectivity index (χ4v) is 1.46. The third-order valence-electron chi connectivity index (χ3n) is 2.00. The molecule has 11 heavy (non-hydrogen) atoms. The minimum absolute atomic E-state index is 0.613. The molecule has 0 atom stereocenters. The molecule has 2 N–H and O–H groups in total. The largest absolute Gasteiger partial charge is 0.370 e. The van der Waals surface area contributed by atoms with Crippen molar-refractivity contribution in [3.63, 3.8) is 0 Å². The van der Waals surface area contributed by atoms with E-state index in [-0.39, 0.29) is 0 Å². The second-order valence-corrected chi connectivity index (χ2v) is 3.67. The Kier molecular flexibility index (Phi) is 2.42. The normalized spacial score (nSPS) is 17.6. The predicted octanol–water partition coefficient (Wildman–Crippen LogP) is 1.66. The molecule has 0 amide bonds. The Bertz CT molecular complexity index is 150. The van der Waals surface area contributed by atoms with Crippen LogP contribution in [0.2, 0.25) is 0 Å². The van der Waals surface area contributed by atoms with E-state index in [4.69, 9.17) is 0 Å². The van der Waals surface area contributed by atoms with Gasteiger partial charge in [-0.2, -0.15) is 0 Å². The first kappa shape index (κ1) is 8.44. The average Bonchev–Trinajstić information content (AvgIpc) is 2.32. The summed E-state index contributed by atoms with van der Waals surface area (Å²) in [6.07, 6.45) is 0. The molecule has 1 heterocycles. The first-order valence-corrected chi connectivity index (χ1v) is 4.34. The fourth-order valence-electron chi connectivity index (χ4n) is 1.46. The van der Waals surface area contributed by atoms with E-state index in [1.807, 2.05) is 0 Å². The lowest BCUT2D eigenvalue weighted by Gasteiger charge is -2.12. The van der Waals surface area contributed by atoms with Crippen LogP contribution < -0.4 is 10.6 Å².